The van der Waals surface area contributed by atoms with Gasteiger partial charge in [0.1, 0.15) is 11.5 Å². The maximum Gasteiger partial charge on any atom is 0.338 e. The molecule has 0 aliphatic carbocycles. The van der Waals surface area contributed by atoms with E-state index in [9.17, 15) is 4.79 Å². The summed E-state index contributed by atoms with van der Waals surface area (Å²) in [5, 5.41) is 6.87. The molecule has 3 aromatic rings. The number of hydrogen-bond acceptors (Lipinski definition) is 7. The van der Waals surface area contributed by atoms with E-state index in [0.29, 0.717) is 23.6 Å². The van der Waals surface area contributed by atoms with Crippen LogP contribution in [0.25, 0.3) is 11.0 Å². The minimum atomic E-state index is -0.333. The first-order valence-corrected chi connectivity index (χ1v) is 8.56. The van der Waals surface area contributed by atoms with Crippen LogP contribution in [0, 0.1) is 5.41 Å². The van der Waals surface area contributed by atoms with E-state index in [4.69, 9.17) is 21.6 Å². The minimum absolute atomic E-state index is 0. The summed E-state index contributed by atoms with van der Waals surface area (Å²) < 4.78 is 4.98. The fraction of sp³-hybridized carbons (Fsp3) is 0.263. The van der Waals surface area contributed by atoms with Crippen LogP contribution >= 0.6 is 0 Å². The summed E-state index contributed by atoms with van der Waals surface area (Å²) in [6.45, 7) is 2.16. The number of fused-ring (bicyclic) bond motifs is 1. The summed E-state index contributed by atoms with van der Waals surface area (Å²) in [5.74, 6) is -0.0995. The van der Waals surface area contributed by atoms with Crippen LogP contribution in [0.3, 0.4) is 0 Å². The number of nitrogens with two attached hydrogens (primary N) is 4. The Labute approximate surface area is 169 Å². The molecule has 0 saturated carbocycles. The van der Waals surface area contributed by atoms with E-state index in [0.717, 1.165) is 29.4 Å². The first-order valence-electron chi connectivity index (χ1n) is 8.56. The van der Waals surface area contributed by atoms with Gasteiger partial charge < -0.3 is 32.7 Å². The number of nitrogen functional groups attached to an aromatic ring is 2. The van der Waals surface area contributed by atoms with Gasteiger partial charge in [-0.2, -0.15) is 9.97 Å². The number of benzene rings is 1. The van der Waals surface area contributed by atoms with E-state index >= 15 is 0 Å². The van der Waals surface area contributed by atoms with E-state index in [-0.39, 0.29) is 25.3 Å². The maximum atomic E-state index is 11.6. The van der Waals surface area contributed by atoms with Crippen LogP contribution in [0.1, 0.15) is 35.8 Å². The molecule has 0 bridgehead atoms. The lowest BCUT2D eigenvalue weighted by Gasteiger charge is -2.05. The number of nitrogens with one attached hydrogen (secondary N) is 2. The van der Waals surface area contributed by atoms with Crippen LogP contribution in [-0.4, -0.2) is 33.5 Å². The van der Waals surface area contributed by atoms with Crippen LogP contribution in [0.5, 0.6) is 0 Å². The van der Waals surface area contributed by atoms with Crippen molar-refractivity contribution >= 4 is 34.7 Å². The van der Waals surface area contributed by atoms with Gasteiger partial charge in [0.25, 0.3) is 0 Å². The maximum absolute atomic E-state index is 11.6. The van der Waals surface area contributed by atoms with E-state index in [1.165, 1.54) is 0 Å². The van der Waals surface area contributed by atoms with Crippen molar-refractivity contribution < 1.29 is 9.53 Å². The van der Waals surface area contributed by atoms with Crippen LogP contribution < -0.4 is 22.9 Å². The van der Waals surface area contributed by atoms with E-state index < -0.39 is 0 Å². The highest BCUT2D eigenvalue weighted by molar-refractivity contribution is 5.90. The molecule has 10 heteroatoms. The van der Waals surface area contributed by atoms with E-state index in [1.807, 2.05) is 18.3 Å². The predicted octanol–water partition coefficient (Wildman–Crippen LogP) is 1.56. The Morgan fingerprint density at radius 1 is 1.14 bits per heavy atom. The average Bonchev–Trinajstić information content (AvgIpc) is 3.03. The molecular formula is C19H28N8O2. The second-order valence-electron chi connectivity index (χ2n) is 5.88. The van der Waals surface area contributed by atoms with Crippen molar-refractivity contribution in [3.8, 4) is 0 Å². The number of ether oxygens (including phenoxy) is 1. The Morgan fingerprint density at radius 2 is 1.76 bits per heavy atom. The van der Waals surface area contributed by atoms with Crippen molar-refractivity contribution in [3.63, 3.8) is 0 Å². The highest BCUT2D eigenvalue weighted by atomic mass is 16.5. The molecule has 29 heavy (non-hydrogen) atoms. The monoisotopic (exact) mass is 400 g/mol. The summed E-state index contributed by atoms with van der Waals surface area (Å²) >= 11 is 0. The molecule has 3 rings (SSSR count). The molecule has 0 unspecified atom stereocenters. The third-order valence-corrected chi connectivity index (χ3v) is 3.81. The normalized spacial score (nSPS) is 9.83. The largest absolute Gasteiger partial charge is 0.462 e. The number of H-pyrrole nitrogens is 1. The Bertz CT molecular complexity index is 962. The number of anilines is 2. The molecule has 0 radical (unpaired) electrons. The number of carbonyl (C=O) groups is 1. The van der Waals surface area contributed by atoms with Crippen molar-refractivity contribution in [2.24, 2.45) is 11.5 Å². The standard InChI is InChI=1S/C17H19N5O2.CH5N3.CH4/c1-2-24-16(23)11-6-3-10(4-7-11)5-8-12-9-20-15-13(12)14(18)21-17(19)22-15;2-1(3)4;/h3-4,6-7,9H,2,5,8H2,1H3,(H5,18,19,20,21,22);(H5,2,3,4);1H4. The smallest absolute Gasteiger partial charge is 0.338 e. The SMILES string of the molecule is C.CCOC(=O)c1ccc(CCc2c[nH]c3nc(N)nc(N)c23)cc1.N=C(N)N. The number of aromatic nitrogens is 3. The molecule has 156 valence electrons. The molecule has 2 heterocycles. The lowest BCUT2D eigenvalue weighted by atomic mass is 10.0. The number of guanidine groups is 1. The van der Waals surface area contributed by atoms with Crippen molar-refractivity contribution in [2.45, 2.75) is 27.2 Å². The number of hydrogen-bond donors (Lipinski definition) is 6. The topological polar surface area (TPSA) is 196 Å². The first-order chi connectivity index (χ1) is 13.3. The summed E-state index contributed by atoms with van der Waals surface area (Å²) in [7, 11) is 0. The molecule has 0 aliphatic rings. The fourth-order valence-corrected chi connectivity index (χ4v) is 2.64. The Balaban J connectivity index is 0.000000771. The average molecular weight is 400 g/mol. The second kappa shape index (κ2) is 10.5. The number of aryl methyl sites for hydroxylation is 2. The van der Waals surface area contributed by atoms with Gasteiger partial charge in [0.2, 0.25) is 5.95 Å². The molecule has 2 aromatic heterocycles. The van der Waals surface area contributed by atoms with Gasteiger partial charge in [-0.15, -0.1) is 0 Å². The number of nitrogens with zero attached hydrogens (tertiary/aromatic N) is 2. The molecule has 10 N–H and O–H groups in total. The summed E-state index contributed by atoms with van der Waals surface area (Å²) in [6.07, 6.45) is 3.46. The Kier molecular flexibility index (Phi) is 8.41. The van der Waals surface area contributed by atoms with Gasteiger partial charge >= 0.3 is 5.97 Å². The van der Waals surface area contributed by atoms with Gasteiger partial charge in [-0.05, 0) is 43.0 Å². The van der Waals surface area contributed by atoms with Gasteiger partial charge in [0.05, 0.1) is 17.6 Å². The Morgan fingerprint density at radius 3 is 2.34 bits per heavy atom. The first kappa shape index (κ1) is 23.2. The third-order valence-electron chi connectivity index (χ3n) is 3.81. The molecule has 0 amide bonds. The summed E-state index contributed by atoms with van der Waals surface area (Å²) in [4.78, 5) is 22.9. The lowest BCUT2D eigenvalue weighted by Crippen LogP contribution is -2.20. The predicted molar refractivity (Wildman–Crippen MR) is 115 cm³/mol. The van der Waals surface area contributed by atoms with Gasteiger partial charge in [-0.25, -0.2) is 4.79 Å². The zero-order valence-corrected chi connectivity index (χ0v) is 15.5. The zero-order chi connectivity index (χ0) is 20.7. The van der Waals surface area contributed by atoms with Crippen LogP contribution in [0.15, 0.2) is 30.5 Å². The van der Waals surface area contributed by atoms with Crippen LogP contribution in [0.4, 0.5) is 11.8 Å². The van der Waals surface area contributed by atoms with Crippen LogP contribution in [-0.2, 0) is 17.6 Å². The summed E-state index contributed by atoms with van der Waals surface area (Å²) in [5.41, 5.74) is 23.9. The minimum Gasteiger partial charge on any atom is -0.462 e. The van der Waals surface area contributed by atoms with Gasteiger partial charge in [-0.3, -0.25) is 5.41 Å². The molecule has 0 saturated heterocycles. The molecule has 1 aromatic carbocycles. The molecule has 0 aliphatic heterocycles. The number of rotatable bonds is 5. The number of aromatic amines is 1. The lowest BCUT2D eigenvalue weighted by molar-refractivity contribution is 0.0526. The van der Waals surface area contributed by atoms with E-state index in [2.05, 4.69) is 26.4 Å². The highest BCUT2D eigenvalue weighted by Gasteiger charge is 2.11. The summed E-state index contributed by atoms with van der Waals surface area (Å²) in [6, 6.07) is 7.42. The van der Waals surface area contributed by atoms with Crippen molar-refractivity contribution in [3.05, 3.63) is 47.2 Å². The van der Waals surface area contributed by atoms with Crippen LogP contribution in [0.2, 0.25) is 0 Å². The van der Waals surface area contributed by atoms with Crippen molar-refractivity contribution in [2.75, 3.05) is 18.1 Å². The highest BCUT2D eigenvalue weighted by Crippen LogP contribution is 2.24. The quantitative estimate of drug-likeness (QED) is 0.211. The molecule has 10 nitrogen and oxygen atoms in total. The molecule has 0 spiro atoms. The zero-order valence-electron chi connectivity index (χ0n) is 15.5. The third kappa shape index (κ3) is 6.38. The number of esters is 1. The Hall–Kier alpha value is -3.82. The molecule has 0 atom stereocenters. The van der Waals surface area contributed by atoms with Gasteiger partial charge in [-0.1, -0.05) is 19.6 Å². The number of carbonyl (C=O) groups excluding carboxylic acids is 1. The van der Waals surface area contributed by atoms with Gasteiger partial charge in [0.15, 0.2) is 5.96 Å². The second-order valence-corrected chi connectivity index (χ2v) is 5.88. The van der Waals surface area contributed by atoms with Crippen molar-refractivity contribution in [1.29, 1.82) is 5.41 Å². The molecule has 0 fully saturated rings. The van der Waals surface area contributed by atoms with Crippen molar-refractivity contribution in [1.82, 2.24) is 15.0 Å². The van der Waals surface area contributed by atoms with E-state index in [1.54, 1.807) is 19.1 Å². The molecular weight excluding hydrogens is 372 g/mol. The fourth-order valence-electron chi connectivity index (χ4n) is 2.64. The van der Waals surface area contributed by atoms with Gasteiger partial charge in [0, 0.05) is 6.20 Å².